The van der Waals surface area contributed by atoms with Crippen LogP contribution in [0.5, 0.6) is 5.75 Å². The van der Waals surface area contributed by atoms with Crippen molar-refractivity contribution in [2.45, 2.75) is 25.5 Å². The fourth-order valence-corrected chi connectivity index (χ4v) is 1.75. The molecule has 0 aliphatic heterocycles. The van der Waals surface area contributed by atoms with Crippen molar-refractivity contribution in [3.8, 4) is 5.75 Å². The van der Waals surface area contributed by atoms with Crippen LogP contribution in [0.1, 0.15) is 24.9 Å². The summed E-state index contributed by atoms with van der Waals surface area (Å²) in [6, 6.07) is 7.54. The molecule has 3 N–H and O–H groups in total. The number of methoxy groups -OCH3 is 2. The highest BCUT2D eigenvalue weighted by Gasteiger charge is 2.14. The van der Waals surface area contributed by atoms with E-state index in [0.717, 1.165) is 11.3 Å². The van der Waals surface area contributed by atoms with E-state index in [1.807, 2.05) is 31.2 Å². The van der Waals surface area contributed by atoms with E-state index in [9.17, 15) is 4.79 Å². The highest BCUT2D eigenvalue weighted by atomic mass is 16.5. The predicted octanol–water partition coefficient (Wildman–Crippen LogP) is 1.24. The molecule has 106 valence electrons. The van der Waals surface area contributed by atoms with Gasteiger partial charge in [-0.05, 0) is 24.6 Å². The van der Waals surface area contributed by atoms with Crippen LogP contribution in [0.3, 0.4) is 0 Å². The van der Waals surface area contributed by atoms with Crippen LogP contribution < -0.4 is 15.8 Å². The first-order valence-electron chi connectivity index (χ1n) is 6.26. The zero-order chi connectivity index (χ0) is 14.3. The van der Waals surface area contributed by atoms with Crippen molar-refractivity contribution in [2.75, 3.05) is 20.8 Å². The second-order valence-electron chi connectivity index (χ2n) is 4.36. The molecule has 0 fully saturated rings. The molecule has 0 saturated carbocycles. The minimum absolute atomic E-state index is 0.0614. The van der Waals surface area contributed by atoms with E-state index in [4.69, 9.17) is 15.2 Å². The van der Waals surface area contributed by atoms with Gasteiger partial charge >= 0.3 is 0 Å². The number of carbonyl (C=O) groups excluding carboxylic acids is 1. The zero-order valence-electron chi connectivity index (χ0n) is 11.7. The molecule has 0 radical (unpaired) electrons. The Labute approximate surface area is 114 Å². The van der Waals surface area contributed by atoms with Crippen LogP contribution >= 0.6 is 0 Å². The summed E-state index contributed by atoms with van der Waals surface area (Å²) >= 11 is 0. The third kappa shape index (κ3) is 4.89. The van der Waals surface area contributed by atoms with Gasteiger partial charge in [0.25, 0.3) is 0 Å². The first kappa shape index (κ1) is 15.5. The number of benzene rings is 1. The Hall–Kier alpha value is -1.59. The van der Waals surface area contributed by atoms with E-state index >= 15 is 0 Å². The molecule has 5 heteroatoms. The molecule has 1 rings (SSSR count). The minimum Gasteiger partial charge on any atom is -0.497 e. The molecule has 0 aliphatic carbocycles. The highest BCUT2D eigenvalue weighted by Crippen LogP contribution is 2.17. The number of carbonyl (C=O) groups is 1. The van der Waals surface area contributed by atoms with E-state index < -0.39 is 0 Å². The molecule has 0 spiro atoms. The summed E-state index contributed by atoms with van der Waals surface area (Å²) in [7, 11) is 3.18. The monoisotopic (exact) mass is 266 g/mol. The molecular weight excluding hydrogens is 244 g/mol. The Morgan fingerprint density at radius 3 is 2.42 bits per heavy atom. The van der Waals surface area contributed by atoms with Gasteiger partial charge in [-0.1, -0.05) is 12.1 Å². The Kier molecular flexibility index (Phi) is 6.32. The maximum atomic E-state index is 11.8. The van der Waals surface area contributed by atoms with Crippen LogP contribution in [-0.2, 0) is 9.53 Å². The van der Waals surface area contributed by atoms with Gasteiger partial charge in [-0.25, -0.2) is 0 Å². The molecule has 0 heterocycles. The van der Waals surface area contributed by atoms with Crippen molar-refractivity contribution in [1.82, 2.24) is 5.32 Å². The SMILES string of the molecule is COc1ccc(C(C)NC(=O)CC(CN)OC)cc1. The Morgan fingerprint density at radius 1 is 1.32 bits per heavy atom. The van der Waals surface area contributed by atoms with Crippen LogP contribution in [0.2, 0.25) is 0 Å². The smallest absolute Gasteiger partial charge is 0.223 e. The Bertz CT molecular complexity index is 388. The van der Waals surface area contributed by atoms with Crippen LogP contribution in [-0.4, -0.2) is 32.8 Å². The lowest BCUT2D eigenvalue weighted by atomic mass is 10.1. The van der Waals surface area contributed by atoms with Gasteiger partial charge in [0.15, 0.2) is 0 Å². The topological polar surface area (TPSA) is 73.6 Å². The first-order chi connectivity index (χ1) is 9.10. The molecule has 0 aromatic heterocycles. The summed E-state index contributed by atoms with van der Waals surface area (Å²) in [5.41, 5.74) is 6.51. The number of hydrogen-bond acceptors (Lipinski definition) is 4. The second-order valence-corrected chi connectivity index (χ2v) is 4.36. The summed E-state index contributed by atoms with van der Waals surface area (Å²) in [5, 5.41) is 2.92. The van der Waals surface area contributed by atoms with Crippen LogP contribution in [0.25, 0.3) is 0 Å². The molecule has 19 heavy (non-hydrogen) atoms. The molecule has 1 aromatic rings. The summed E-state index contributed by atoms with van der Waals surface area (Å²) in [4.78, 5) is 11.8. The maximum absolute atomic E-state index is 11.8. The standard InChI is InChI=1S/C14H22N2O3/c1-10(11-4-6-12(18-2)7-5-11)16-14(17)8-13(9-15)19-3/h4-7,10,13H,8-9,15H2,1-3H3,(H,16,17). The van der Waals surface area contributed by atoms with Crippen molar-refractivity contribution in [3.05, 3.63) is 29.8 Å². The van der Waals surface area contributed by atoms with Gasteiger partial charge in [0, 0.05) is 13.7 Å². The molecule has 2 atom stereocenters. The average molecular weight is 266 g/mol. The molecule has 5 nitrogen and oxygen atoms in total. The summed E-state index contributed by atoms with van der Waals surface area (Å²) in [6.07, 6.45) is 0.0381. The third-order valence-electron chi connectivity index (χ3n) is 3.00. The normalized spacial score (nSPS) is 13.7. The van der Waals surface area contributed by atoms with Gasteiger partial charge in [-0.15, -0.1) is 0 Å². The average Bonchev–Trinajstić information content (AvgIpc) is 2.44. The third-order valence-corrected chi connectivity index (χ3v) is 3.00. The maximum Gasteiger partial charge on any atom is 0.223 e. The fraction of sp³-hybridized carbons (Fsp3) is 0.500. The zero-order valence-corrected chi connectivity index (χ0v) is 11.7. The highest BCUT2D eigenvalue weighted by molar-refractivity contribution is 5.77. The van der Waals surface area contributed by atoms with E-state index in [1.54, 1.807) is 14.2 Å². The van der Waals surface area contributed by atoms with Gasteiger partial charge in [-0.2, -0.15) is 0 Å². The van der Waals surface area contributed by atoms with Crippen molar-refractivity contribution in [3.63, 3.8) is 0 Å². The van der Waals surface area contributed by atoms with E-state index in [-0.39, 0.29) is 24.5 Å². The quantitative estimate of drug-likeness (QED) is 0.778. The lowest BCUT2D eigenvalue weighted by Crippen LogP contribution is -2.33. The molecular formula is C14H22N2O3. The number of rotatable bonds is 7. The number of amides is 1. The lowest BCUT2D eigenvalue weighted by Gasteiger charge is -2.17. The number of hydrogen-bond donors (Lipinski definition) is 2. The van der Waals surface area contributed by atoms with Gasteiger partial charge < -0.3 is 20.5 Å². The molecule has 0 bridgehead atoms. The van der Waals surface area contributed by atoms with Crippen LogP contribution in [0.15, 0.2) is 24.3 Å². The number of nitrogens with one attached hydrogen (secondary N) is 1. The van der Waals surface area contributed by atoms with Gasteiger partial charge in [0.05, 0.1) is 25.7 Å². The van der Waals surface area contributed by atoms with Crippen LogP contribution in [0, 0.1) is 0 Å². The van der Waals surface area contributed by atoms with Crippen molar-refractivity contribution >= 4 is 5.91 Å². The molecule has 1 amide bonds. The summed E-state index contributed by atoms with van der Waals surface area (Å²) in [5.74, 6) is 0.727. The Morgan fingerprint density at radius 2 is 1.95 bits per heavy atom. The van der Waals surface area contributed by atoms with Crippen LogP contribution in [0.4, 0.5) is 0 Å². The van der Waals surface area contributed by atoms with Gasteiger partial charge in [-0.3, -0.25) is 4.79 Å². The van der Waals surface area contributed by atoms with E-state index in [0.29, 0.717) is 6.54 Å². The molecule has 1 aromatic carbocycles. The second kappa shape index (κ2) is 7.76. The van der Waals surface area contributed by atoms with Gasteiger partial charge in [0.1, 0.15) is 5.75 Å². The van der Waals surface area contributed by atoms with Gasteiger partial charge in [0.2, 0.25) is 5.91 Å². The summed E-state index contributed by atoms with van der Waals surface area (Å²) in [6.45, 7) is 2.27. The van der Waals surface area contributed by atoms with Crippen molar-refractivity contribution in [1.29, 1.82) is 0 Å². The van der Waals surface area contributed by atoms with Crippen molar-refractivity contribution in [2.24, 2.45) is 5.73 Å². The fourth-order valence-electron chi connectivity index (χ4n) is 1.75. The first-order valence-corrected chi connectivity index (χ1v) is 6.26. The minimum atomic E-state index is -0.233. The summed E-state index contributed by atoms with van der Waals surface area (Å²) < 4.78 is 10.2. The number of nitrogens with two attached hydrogens (primary N) is 1. The Balaban J connectivity index is 2.53. The molecule has 0 saturated heterocycles. The van der Waals surface area contributed by atoms with Crippen molar-refractivity contribution < 1.29 is 14.3 Å². The number of ether oxygens (including phenoxy) is 2. The van der Waals surface area contributed by atoms with E-state index in [1.165, 1.54) is 0 Å². The molecule has 2 unspecified atom stereocenters. The molecule has 0 aliphatic rings. The predicted molar refractivity (Wildman–Crippen MR) is 74.0 cm³/mol. The lowest BCUT2D eigenvalue weighted by molar-refractivity contribution is -0.124. The largest absolute Gasteiger partial charge is 0.497 e. The van der Waals surface area contributed by atoms with E-state index in [2.05, 4.69) is 5.32 Å².